The van der Waals surface area contributed by atoms with Crippen molar-refractivity contribution in [2.75, 3.05) is 13.1 Å². The summed E-state index contributed by atoms with van der Waals surface area (Å²) in [6.45, 7) is 9.98. The van der Waals surface area contributed by atoms with Crippen molar-refractivity contribution in [1.82, 2.24) is 4.90 Å². The Morgan fingerprint density at radius 2 is 1.78 bits per heavy atom. The van der Waals surface area contributed by atoms with Crippen LogP contribution >= 0.6 is 0 Å². The first-order valence-corrected chi connectivity index (χ1v) is 6.74. The van der Waals surface area contributed by atoms with E-state index in [0.29, 0.717) is 11.8 Å². The largest absolute Gasteiger partial charge is 0.341 e. The Kier molecular flexibility index (Phi) is 3.47. The molecule has 0 aromatic heterocycles. The highest BCUT2D eigenvalue weighted by atomic mass is 16.2. The number of carbonyl (C=O) groups excluding carboxylic acids is 1. The zero-order valence-corrected chi connectivity index (χ0v) is 11.8. The van der Waals surface area contributed by atoms with Gasteiger partial charge in [0.1, 0.15) is 0 Å². The van der Waals surface area contributed by atoms with Crippen LogP contribution in [0.5, 0.6) is 0 Å². The molecule has 0 bridgehead atoms. The van der Waals surface area contributed by atoms with Gasteiger partial charge in [0.05, 0.1) is 0 Å². The van der Waals surface area contributed by atoms with Gasteiger partial charge in [-0.3, -0.25) is 4.79 Å². The van der Waals surface area contributed by atoms with Crippen LogP contribution in [0.1, 0.15) is 39.2 Å². The van der Waals surface area contributed by atoms with E-state index in [1.807, 2.05) is 31.7 Å². The molecule has 2 atom stereocenters. The maximum absolute atomic E-state index is 12.3. The second-order valence-electron chi connectivity index (χ2n) is 6.45. The van der Waals surface area contributed by atoms with E-state index < -0.39 is 0 Å². The highest BCUT2D eigenvalue weighted by Crippen LogP contribution is 2.34. The van der Waals surface area contributed by atoms with Crippen molar-refractivity contribution in [1.29, 1.82) is 0 Å². The van der Waals surface area contributed by atoms with Crippen LogP contribution in [0.2, 0.25) is 0 Å². The number of amides is 1. The number of hydrogen-bond acceptors (Lipinski definition) is 1. The van der Waals surface area contributed by atoms with Crippen molar-refractivity contribution in [3.8, 4) is 0 Å². The molecule has 18 heavy (non-hydrogen) atoms. The van der Waals surface area contributed by atoms with Crippen LogP contribution in [-0.4, -0.2) is 23.9 Å². The van der Waals surface area contributed by atoms with Gasteiger partial charge in [0, 0.05) is 24.4 Å². The van der Waals surface area contributed by atoms with Crippen molar-refractivity contribution in [2.45, 2.75) is 33.6 Å². The van der Waals surface area contributed by atoms with Crippen molar-refractivity contribution in [3.05, 3.63) is 35.9 Å². The second kappa shape index (κ2) is 4.75. The first-order chi connectivity index (χ1) is 8.39. The smallest absolute Gasteiger partial charge is 0.227 e. The fourth-order valence-electron chi connectivity index (χ4n) is 2.74. The standard InChI is InChI=1S/C16H23NO/c1-12-10-17(15(18)16(2,3)4)11-14(12)13-8-6-5-7-9-13/h5-9,12,14H,10-11H2,1-4H3. The summed E-state index contributed by atoms with van der Waals surface area (Å²) < 4.78 is 0. The minimum atomic E-state index is -0.273. The minimum Gasteiger partial charge on any atom is -0.341 e. The van der Waals surface area contributed by atoms with Crippen molar-refractivity contribution < 1.29 is 4.79 Å². The van der Waals surface area contributed by atoms with Crippen LogP contribution in [0, 0.1) is 11.3 Å². The van der Waals surface area contributed by atoms with Gasteiger partial charge in [-0.15, -0.1) is 0 Å². The maximum Gasteiger partial charge on any atom is 0.227 e. The van der Waals surface area contributed by atoms with Crippen molar-refractivity contribution >= 4 is 5.91 Å². The zero-order chi connectivity index (χ0) is 13.3. The van der Waals surface area contributed by atoms with Crippen LogP contribution in [0.3, 0.4) is 0 Å². The average molecular weight is 245 g/mol. The van der Waals surface area contributed by atoms with E-state index >= 15 is 0 Å². The number of rotatable bonds is 1. The molecule has 98 valence electrons. The number of hydrogen-bond donors (Lipinski definition) is 0. The van der Waals surface area contributed by atoms with E-state index in [2.05, 4.69) is 31.2 Å². The van der Waals surface area contributed by atoms with Gasteiger partial charge >= 0.3 is 0 Å². The van der Waals surface area contributed by atoms with Crippen molar-refractivity contribution in [2.24, 2.45) is 11.3 Å². The van der Waals surface area contributed by atoms with E-state index in [1.54, 1.807) is 0 Å². The fraction of sp³-hybridized carbons (Fsp3) is 0.562. The van der Waals surface area contributed by atoms with Crippen LogP contribution in [0.15, 0.2) is 30.3 Å². The molecule has 1 aliphatic rings. The fourth-order valence-corrected chi connectivity index (χ4v) is 2.74. The van der Waals surface area contributed by atoms with Gasteiger partial charge in [0.15, 0.2) is 0 Å². The molecule has 0 radical (unpaired) electrons. The Bertz CT molecular complexity index is 418. The molecule has 0 N–H and O–H groups in total. The molecule has 2 nitrogen and oxygen atoms in total. The summed E-state index contributed by atoms with van der Waals surface area (Å²) in [7, 11) is 0. The lowest BCUT2D eigenvalue weighted by Gasteiger charge is -2.25. The lowest BCUT2D eigenvalue weighted by molar-refractivity contribution is -0.138. The summed E-state index contributed by atoms with van der Waals surface area (Å²) in [5, 5.41) is 0. The molecular formula is C16H23NO. The van der Waals surface area contributed by atoms with Crippen molar-refractivity contribution in [3.63, 3.8) is 0 Å². The molecule has 0 saturated carbocycles. The van der Waals surface area contributed by atoms with E-state index in [-0.39, 0.29) is 11.3 Å². The highest BCUT2D eigenvalue weighted by molar-refractivity contribution is 5.81. The van der Waals surface area contributed by atoms with Gasteiger partial charge in [-0.2, -0.15) is 0 Å². The number of benzene rings is 1. The molecule has 2 rings (SSSR count). The van der Waals surface area contributed by atoms with E-state index in [9.17, 15) is 4.79 Å². The quantitative estimate of drug-likeness (QED) is 0.743. The monoisotopic (exact) mass is 245 g/mol. The van der Waals surface area contributed by atoms with E-state index in [0.717, 1.165) is 13.1 Å². The predicted molar refractivity (Wildman–Crippen MR) is 74.4 cm³/mol. The molecule has 1 saturated heterocycles. The van der Waals surface area contributed by atoms with Gasteiger partial charge in [0.25, 0.3) is 0 Å². The third-order valence-electron chi connectivity index (χ3n) is 3.77. The Balaban J connectivity index is 2.13. The summed E-state index contributed by atoms with van der Waals surface area (Å²) in [5.74, 6) is 1.30. The van der Waals surface area contributed by atoms with Gasteiger partial charge in [-0.05, 0) is 11.5 Å². The Hall–Kier alpha value is -1.31. The zero-order valence-electron chi connectivity index (χ0n) is 11.8. The molecule has 1 amide bonds. The molecule has 2 heteroatoms. The van der Waals surface area contributed by atoms with E-state index in [1.165, 1.54) is 5.56 Å². The first kappa shape index (κ1) is 13.1. The predicted octanol–water partition coefficient (Wildman–Crippen LogP) is 3.29. The molecule has 1 aromatic rings. The minimum absolute atomic E-state index is 0.271. The molecule has 1 heterocycles. The summed E-state index contributed by atoms with van der Waals surface area (Å²) in [6.07, 6.45) is 0. The molecule has 1 fully saturated rings. The molecule has 2 unspecified atom stereocenters. The molecule has 1 aromatic carbocycles. The third kappa shape index (κ3) is 2.58. The molecule has 0 aliphatic carbocycles. The van der Waals surface area contributed by atoms with Crippen LogP contribution in [0.4, 0.5) is 0 Å². The Morgan fingerprint density at radius 3 is 2.33 bits per heavy atom. The summed E-state index contributed by atoms with van der Waals surface area (Å²) in [4.78, 5) is 14.3. The summed E-state index contributed by atoms with van der Waals surface area (Å²) in [6, 6.07) is 10.5. The van der Waals surface area contributed by atoms with Crippen LogP contribution in [-0.2, 0) is 4.79 Å². The number of likely N-dealkylation sites (tertiary alicyclic amines) is 1. The lowest BCUT2D eigenvalue weighted by Crippen LogP contribution is -2.38. The normalized spacial score (nSPS) is 24.3. The second-order valence-corrected chi connectivity index (χ2v) is 6.45. The third-order valence-corrected chi connectivity index (χ3v) is 3.77. The highest BCUT2D eigenvalue weighted by Gasteiger charge is 2.37. The summed E-state index contributed by atoms with van der Waals surface area (Å²) >= 11 is 0. The van der Waals surface area contributed by atoms with Crippen LogP contribution in [0.25, 0.3) is 0 Å². The average Bonchev–Trinajstić information content (AvgIpc) is 2.70. The lowest BCUT2D eigenvalue weighted by atomic mass is 9.90. The number of carbonyl (C=O) groups is 1. The Morgan fingerprint density at radius 1 is 1.17 bits per heavy atom. The molecular weight excluding hydrogens is 222 g/mol. The SMILES string of the molecule is CC1CN(C(=O)C(C)(C)C)CC1c1ccccc1. The van der Waals surface area contributed by atoms with Gasteiger partial charge in [-0.25, -0.2) is 0 Å². The summed E-state index contributed by atoms with van der Waals surface area (Å²) in [5.41, 5.74) is 1.08. The molecule has 0 spiro atoms. The Labute approximate surface area is 110 Å². The first-order valence-electron chi connectivity index (χ1n) is 6.74. The van der Waals surface area contributed by atoms with Gasteiger partial charge < -0.3 is 4.90 Å². The van der Waals surface area contributed by atoms with Gasteiger partial charge in [0.2, 0.25) is 5.91 Å². The molecule has 1 aliphatic heterocycles. The van der Waals surface area contributed by atoms with E-state index in [4.69, 9.17) is 0 Å². The maximum atomic E-state index is 12.3. The van der Waals surface area contributed by atoms with Gasteiger partial charge in [-0.1, -0.05) is 58.0 Å². The number of nitrogens with zero attached hydrogens (tertiary/aromatic N) is 1. The topological polar surface area (TPSA) is 20.3 Å². The van der Waals surface area contributed by atoms with Crippen LogP contribution < -0.4 is 0 Å².